The molecule has 90 valence electrons. The van der Waals surface area contributed by atoms with Crippen molar-refractivity contribution >= 4 is 11.6 Å². The lowest BCUT2D eigenvalue weighted by atomic mass is 9.83. The molecule has 0 aromatic carbocycles. The van der Waals surface area contributed by atoms with Crippen LogP contribution in [0.25, 0.3) is 0 Å². The molecule has 1 aliphatic rings. The van der Waals surface area contributed by atoms with Crippen LogP contribution in [0.2, 0.25) is 0 Å². The van der Waals surface area contributed by atoms with Gasteiger partial charge in [0, 0.05) is 12.6 Å². The Morgan fingerprint density at radius 1 is 1.41 bits per heavy atom. The normalized spacial score (nSPS) is 14.8. The summed E-state index contributed by atoms with van der Waals surface area (Å²) in [5, 5.41) is 14.4. The summed E-state index contributed by atoms with van der Waals surface area (Å²) in [7, 11) is 0. The van der Waals surface area contributed by atoms with Crippen LogP contribution < -0.4 is 10.6 Å². The van der Waals surface area contributed by atoms with E-state index in [-0.39, 0.29) is 0 Å². The number of anilines is 2. The van der Waals surface area contributed by atoms with Crippen LogP contribution in [0, 0.1) is 24.3 Å². The largest absolute Gasteiger partial charge is 0.370 e. The van der Waals surface area contributed by atoms with Gasteiger partial charge in [0.05, 0.1) is 0 Å². The van der Waals surface area contributed by atoms with Crippen molar-refractivity contribution in [3.8, 4) is 6.19 Å². The van der Waals surface area contributed by atoms with Crippen LogP contribution in [0.3, 0.4) is 0 Å². The third kappa shape index (κ3) is 3.31. The molecule has 0 spiro atoms. The first-order chi connectivity index (χ1) is 8.28. The molecule has 2 rings (SSSR count). The molecule has 0 amide bonds. The first kappa shape index (κ1) is 11.6. The summed E-state index contributed by atoms with van der Waals surface area (Å²) >= 11 is 0. The summed E-state index contributed by atoms with van der Waals surface area (Å²) in [6, 6.07) is 1.76. The smallest absolute Gasteiger partial charge is 0.182 e. The van der Waals surface area contributed by atoms with Crippen molar-refractivity contribution in [3.63, 3.8) is 0 Å². The summed E-state index contributed by atoms with van der Waals surface area (Å²) in [5.41, 5.74) is 0. The number of aryl methyl sites for hydroxylation is 1. The second kappa shape index (κ2) is 5.48. The molecule has 17 heavy (non-hydrogen) atoms. The van der Waals surface area contributed by atoms with E-state index >= 15 is 0 Å². The molecule has 1 aromatic heterocycles. The standard InChI is InChI=1S/C12H17N5/c1-9-16-11(7-12(17-9)15-8-13)14-6-5-10-3-2-4-10/h7,10H,2-6H2,1H3,(H2,14,15,16,17). The molecule has 0 aliphatic heterocycles. The SMILES string of the molecule is Cc1nc(NC#N)cc(NCCC2CCC2)n1. The Labute approximate surface area is 101 Å². The van der Waals surface area contributed by atoms with E-state index < -0.39 is 0 Å². The van der Waals surface area contributed by atoms with E-state index in [1.54, 1.807) is 6.07 Å². The summed E-state index contributed by atoms with van der Waals surface area (Å²) < 4.78 is 0. The van der Waals surface area contributed by atoms with Gasteiger partial charge in [-0.25, -0.2) is 9.97 Å². The topological polar surface area (TPSA) is 73.6 Å². The Morgan fingerprint density at radius 3 is 2.82 bits per heavy atom. The van der Waals surface area contributed by atoms with Gasteiger partial charge in [-0.05, 0) is 19.3 Å². The predicted molar refractivity (Wildman–Crippen MR) is 66.5 cm³/mol. The van der Waals surface area contributed by atoms with Crippen molar-refractivity contribution < 1.29 is 0 Å². The highest BCUT2D eigenvalue weighted by molar-refractivity contribution is 5.49. The van der Waals surface area contributed by atoms with Gasteiger partial charge in [0.25, 0.3) is 0 Å². The maximum Gasteiger partial charge on any atom is 0.182 e. The minimum atomic E-state index is 0.547. The van der Waals surface area contributed by atoms with Gasteiger partial charge in [-0.15, -0.1) is 0 Å². The zero-order chi connectivity index (χ0) is 12.1. The Hall–Kier alpha value is -1.83. The lowest BCUT2D eigenvalue weighted by Crippen LogP contribution is -2.16. The maximum atomic E-state index is 8.55. The van der Waals surface area contributed by atoms with E-state index in [1.165, 1.54) is 25.7 Å². The predicted octanol–water partition coefficient (Wildman–Crippen LogP) is 2.28. The van der Waals surface area contributed by atoms with E-state index in [4.69, 9.17) is 5.26 Å². The average molecular weight is 231 g/mol. The van der Waals surface area contributed by atoms with Gasteiger partial charge in [0.15, 0.2) is 6.19 Å². The summed E-state index contributed by atoms with van der Waals surface area (Å²) in [6.07, 6.45) is 7.18. The number of aromatic nitrogens is 2. The zero-order valence-electron chi connectivity index (χ0n) is 10.0. The van der Waals surface area contributed by atoms with Crippen LogP contribution in [-0.4, -0.2) is 16.5 Å². The molecular formula is C12H17N5. The van der Waals surface area contributed by atoms with Crippen molar-refractivity contribution in [1.82, 2.24) is 9.97 Å². The number of hydrogen-bond donors (Lipinski definition) is 2. The van der Waals surface area contributed by atoms with E-state index in [9.17, 15) is 0 Å². The molecule has 0 atom stereocenters. The highest BCUT2D eigenvalue weighted by Crippen LogP contribution is 2.29. The highest BCUT2D eigenvalue weighted by atomic mass is 15.1. The molecule has 0 saturated heterocycles. The van der Waals surface area contributed by atoms with E-state index in [0.717, 1.165) is 18.3 Å². The summed E-state index contributed by atoms with van der Waals surface area (Å²) in [4.78, 5) is 8.39. The van der Waals surface area contributed by atoms with Gasteiger partial charge in [-0.2, -0.15) is 5.26 Å². The molecular weight excluding hydrogens is 214 g/mol. The first-order valence-corrected chi connectivity index (χ1v) is 6.02. The monoisotopic (exact) mass is 231 g/mol. The van der Waals surface area contributed by atoms with E-state index in [2.05, 4.69) is 20.6 Å². The van der Waals surface area contributed by atoms with Gasteiger partial charge in [-0.3, -0.25) is 5.32 Å². The Bertz CT molecular complexity index is 419. The quantitative estimate of drug-likeness (QED) is 0.600. The van der Waals surface area contributed by atoms with Crippen LogP contribution >= 0.6 is 0 Å². The molecule has 0 radical (unpaired) electrons. The number of rotatable bonds is 5. The molecule has 5 nitrogen and oxygen atoms in total. The molecule has 1 aromatic rings. The minimum absolute atomic E-state index is 0.547. The Morgan fingerprint density at radius 2 is 2.18 bits per heavy atom. The molecule has 1 heterocycles. The summed E-state index contributed by atoms with van der Waals surface area (Å²) in [6.45, 7) is 2.76. The van der Waals surface area contributed by atoms with Gasteiger partial charge >= 0.3 is 0 Å². The van der Waals surface area contributed by atoms with Crippen molar-refractivity contribution in [2.24, 2.45) is 5.92 Å². The average Bonchev–Trinajstić information content (AvgIpc) is 2.21. The Kier molecular flexibility index (Phi) is 3.76. The molecule has 1 aliphatic carbocycles. The number of hydrogen-bond acceptors (Lipinski definition) is 5. The van der Waals surface area contributed by atoms with Gasteiger partial charge in [-0.1, -0.05) is 19.3 Å². The van der Waals surface area contributed by atoms with Crippen LogP contribution in [0.4, 0.5) is 11.6 Å². The second-order valence-electron chi connectivity index (χ2n) is 4.43. The lowest BCUT2D eigenvalue weighted by Gasteiger charge is -2.25. The third-order valence-electron chi connectivity index (χ3n) is 3.11. The number of nitriles is 1. The lowest BCUT2D eigenvalue weighted by molar-refractivity contribution is 0.303. The van der Waals surface area contributed by atoms with Crippen molar-refractivity contribution in [3.05, 3.63) is 11.9 Å². The highest BCUT2D eigenvalue weighted by Gasteiger charge is 2.16. The maximum absolute atomic E-state index is 8.55. The van der Waals surface area contributed by atoms with Crippen LogP contribution in [0.1, 0.15) is 31.5 Å². The second-order valence-corrected chi connectivity index (χ2v) is 4.43. The van der Waals surface area contributed by atoms with E-state index in [1.807, 2.05) is 13.1 Å². The molecule has 1 fully saturated rings. The van der Waals surface area contributed by atoms with E-state index in [0.29, 0.717) is 11.6 Å². The van der Waals surface area contributed by atoms with Crippen molar-refractivity contribution in [2.75, 3.05) is 17.2 Å². The van der Waals surface area contributed by atoms with Crippen molar-refractivity contribution in [2.45, 2.75) is 32.6 Å². The Balaban J connectivity index is 1.88. The van der Waals surface area contributed by atoms with Crippen molar-refractivity contribution in [1.29, 1.82) is 5.26 Å². The van der Waals surface area contributed by atoms with Gasteiger partial charge in [0.1, 0.15) is 17.5 Å². The molecule has 0 bridgehead atoms. The molecule has 0 unspecified atom stereocenters. The fourth-order valence-corrected chi connectivity index (χ4v) is 1.97. The van der Waals surface area contributed by atoms with Gasteiger partial charge in [0.2, 0.25) is 0 Å². The molecule has 5 heteroatoms. The molecule has 2 N–H and O–H groups in total. The van der Waals surface area contributed by atoms with Gasteiger partial charge < -0.3 is 5.32 Å². The number of nitrogens with one attached hydrogen (secondary N) is 2. The van der Waals surface area contributed by atoms with Crippen LogP contribution in [-0.2, 0) is 0 Å². The fraction of sp³-hybridized carbons (Fsp3) is 0.583. The summed E-state index contributed by atoms with van der Waals surface area (Å²) in [5.74, 6) is 2.89. The third-order valence-corrected chi connectivity index (χ3v) is 3.11. The zero-order valence-corrected chi connectivity index (χ0v) is 10.0. The minimum Gasteiger partial charge on any atom is -0.370 e. The first-order valence-electron chi connectivity index (χ1n) is 6.02. The van der Waals surface area contributed by atoms with Crippen LogP contribution in [0.15, 0.2) is 6.07 Å². The molecule has 1 saturated carbocycles. The number of nitrogens with zero attached hydrogens (tertiary/aromatic N) is 3. The van der Waals surface area contributed by atoms with Crippen LogP contribution in [0.5, 0.6) is 0 Å². The fourth-order valence-electron chi connectivity index (χ4n) is 1.97.